The molecule has 0 saturated carbocycles. The molecule has 0 radical (unpaired) electrons. The van der Waals surface area contributed by atoms with Crippen molar-refractivity contribution in [2.45, 2.75) is 50.8 Å². The standard InChI is InChI=1S/C34H34O6/c35-34-33(39-24-29-19-11-4-12-20-29)32(38-23-28-17-9-3-10-18-28)31(37-22-27-15-7-2-8-16-27)30(40-34)25-36-21-26-13-5-1-6-14-26/h1-20,30-33H,21-25H2/t30?,31-,32?,33+/m1/s1. The van der Waals surface area contributed by atoms with Gasteiger partial charge in [-0.25, -0.2) is 4.79 Å². The zero-order chi connectivity index (χ0) is 27.4. The highest BCUT2D eigenvalue weighted by atomic mass is 16.6. The van der Waals surface area contributed by atoms with Crippen molar-refractivity contribution in [3.8, 4) is 0 Å². The topological polar surface area (TPSA) is 63.2 Å². The molecule has 6 heteroatoms. The van der Waals surface area contributed by atoms with Gasteiger partial charge in [0.1, 0.15) is 12.2 Å². The van der Waals surface area contributed by atoms with Crippen LogP contribution >= 0.6 is 0 Å². The van der Waals surface area contributed by atoms with E-state index in [1.807, 2.05) is 121 Å². The van der Waals surface area contributed by atoms with Gasteiger partial charge in [-0.1, -0.05) is 121 Å². The monoisotopic (exact) mass is 538 g/mol. The molecule has 1 heterocycles. The third-order valence-corrected chi connectivity index (χ3v) is 6.73. The Morgan fingerprint density at radius 2 is 0.900 bits per heavy atom. The number of hydrogen-bond acceptors (Lipinski definition) is 6. The maximum atomic E-state index is 13.4. The van der Waals surface area contributed by atoms with Gasteiger partial charge in [-0.3, -0.25) is 0 Å². The number of esters is 1. The van der Waals surface area contributed by atoms with Crippen molar-refractivity contribution in [2.75, 3.05) is 6.61 Å². The van der Waals surface area contributed by atoms with Crippen LogP contribution in [-0.2, 0) is 54.9 Å². The molecule has 1 saturated heterocycles. The summed E-state index contributed by atoms with van der Waals surface area (Å²) in [6.07, 6.45) is -2.95. The molecule has 206 valence electrons. The van der Waals surface area contributed by atoms with Gasteiger partial charge in [0.2, 0.25) is 0 Å². The summed E-state index contributed by atoms with van der Waals surface area (Å²) in [4.78, 5) is 13.4. The van der Waals surface area contributed by atoms with Gasteiger partial charge in [-0.15, -0.1) is 0 Å². The predicted molar refractivity (Wildman–Crippen MR) is 151 cm³/mol. The van der Waals surface area contributed by atoms with Crippen molar-refractivity contribution in [3.63, 3.8) is 0 Å². The van der Waals surface area contributed by atoms with Crippen molar-refractivity contribution in [3.05, 3.63) is 144 Å². The maximum Gasteiger partial charge on any atom is 0.338 e. The van der Waals surface area contributed by atoms with Crippen LogP contribution in [0.3, 0.4) is 0 Å². The molecule has 0 amide bonds. The highest BCUT2D eigenvalue weighted by Crippen LogP contribution is 2.28. The quantitative estimate of drug-likeness (QED) is 0.198. The third-order valence-electron chi connectivity index (χ3n) is 6.73. The fraction of sp³-hybridized carbons (Fsp3) is 0.265. The lowest BCUT2D eigenvalue weighted by atomic mass is 9.98. The molecule has 4 aromatic rings. The van der Waals surface area contributed by atoms with Crippen LogP contribution in [0.5, 0.6) is 0 Å². The van der Waals surface area contributed by atoms with Crippen molar-refractivity contribution < 1.29 is 28.5 Å². The molecule has 0 aromatic heterocycles. The zero-order valence-electron chi connectivity index (χ0n) is 22.3. The molecule has 40 heavy (non-hydrogen) atoms. The molecule has 4 atom stereocenters. The van der Waals surface area contributed by atoms with E-state index in [0.717, 1.165) is 22.3 Å². The van der Waals surface area contributed by atoms with Gasteiger partial charge in [0.05, 0.1) is 33.0 Å². The van der Waals surface area contributed by atoms with Crippen LogP contribution in [0, 0.1) is 0 Å². The molecule has 1 aliphatic rings. The Morgan fingerprint density at radius 3 is 1.38 bits per heavy atom. The molecule has 0 spiro atoms. The summed E-state index contributed by atoms with van der Waals surface area (Å²) < 4.78 is 31.0. The van der Waals surface area contributed by atoms with Gasteiger partial charge in [0.25, 0.3) is 0 Å². The minimum absolute atomic E-state index is 0.163. The lowest BCUT2D eigenvalue weighted by molar-refractivity contribution is -0.239. The van der Waals surface area contributed by atoms with E-state index in [9.17, 15) is 4.79 Å². The Bertz CT molecular complexity index is 1280. The first-order chi connectivity index (χ1) is 19.8. The molecule has 1 fully saturated rings. The average molecular weight is 539 g/mol. The van der Waals surface area contributed by atoms with Gasteiger partial charge in [-0.2, -0.15) is 0 Å². The predicted octanol–water partition coefficient (Wildman–Crippen LogP) is 5.88. The summed E-state index contributed by atoms with van der Waals surface area (Å²) in [6.45, 7) is 1.43. The Kier molecular flexibility index (Phi) is 10.1. The molecule has 0 bridgehead atoms. The Hall–Kier alpha value is -3.81. The van der Waals surface area contributed by atoms with Crippen LogP contribution in [0.15, 0.2) is 121 Å². The normalized spacial score (nSPS) is 20.6. The summed E-state index contributed by atoms with van der Waals surface area (Å²) in [5.41, 5.74) is 3.98. The second-order valence-corrected chi connectivity index (χ2v) is 9.72. The van der Waals surface area contributed by atoms with E-state index in [1.54, 1.807) is 0 Å². The van der Waals surface area contributed by atoms with Crippen LogP contribution in [0.25, 0.3) is 0 Å². The smallest absolute Gasteiger partial charge is 0.338 e. The summed E-state index contributed by atoms with van der Waals surface area (Å²) in [6, 6.07) is 39.4. The Labute approximate surface area is 235 Å². The van der Waals surface area contributed by atoms with E-state index in [4.69, 9.17) is 23.7 Å². The Balaban J connectivity index is 1.36. The number of hydrogen-bond donors (Lipinski definition) is 0. The molecule has 2 unspecified atom stereocenters. The molecule has 1 aliphatic heterocycles. The lowest BCUT2D eigenvalue weighted by Gasteiger charge is -2.41. The first-order valence-electron chi connectivity index (χ1n) is 13.5. The zero-order valence-corrected chi connectivity index (χ0v) is 22.3. The van der Waals surface area contributed by atoms with E-state index in [-0.39, 0.29) is 13.2 Å². The van der Waals surface area contributed by atoms with Gasteiger partial charge < -0.3 is 23.7 Å². The highest BCUT2D eigenvalue weighted by molar-refractivity contribution is 5.77. The molecule has 6 nitrogen and oxygen atoms in total. The minimum Gasteiger partial charge on any atom is -0.455 e. The first kappa shape index (κ1) is 27.7. The number of carbonyl (C=O) groups excluding carboxylic acids is 1. The number of cyclic esters (lactones) is 1. The number of benzene rings is 4. The van der Waals surface area contributed by atoms with Crippen LogP contribution in [0.2, 0.25) is 0 Å². The van der Waals surface area contributed by atoms with Gasteiger partial charge >= 0.3 is 5.97 Å². The third kappa shape index (κ3) is 7.87. The van der Waals surface area contributed by atoms with E-state index < -0.39 is 30.4 Å². The van der Waals surface area contributed by atoms with Crippen LogP contribution < -0.4 is 0 Å². The molecular weight excluding hydrogens is 504 g/mol. The second-order valence-electron chi connectivity index (χ2n) is 9.72. The largest absolute Gasteiger partial charge is 0.455 e. The summed E-state index contributed by atoms with van der Waals surface area (Å²) in [7, 11) is 0. The number of ether oxygens (including phenoxy) is 5. The molecular formula is C34H34O6. The second kappa shape index (κ2) is 14.5. The maximum absolute atomic E-state index is 13.4. The molecule has 5 rings (SSSR count). The number of carbonyl (C=O) groups is 1. The lowest BCUT2D eigenvalue weighted by Crippen LogP contribution is -2.59. The van der Waals surface area contributed by atoms with Crippen molar-refractivity contribution in [1.29, 1.82) is 0 Å². The van der Waals surface area contributed by atoms with Gasteiger partial charge in [-0.05, 0) is 22.3 Å². The van der Waals surface area contributed by atoms with E-state index in [2.05, 4.69) is 0 Å². The van der Waals surface area contributed by atoms with Crippen LogP contribution in [0.1, 0.15) is 22.3 Å². The average Bonchev–Trinajstić information content (AvgIpc) is 3.01. The molecule has 4 aromatic carbocycles. The Morgan fingerprint density at radius 1 is 0.500 bits per heavy atom. The SMILES string of the molecule is O=C1OC(COCc2ccccc2)[C@@H](OCc2ccccc2)C(OCc2ccccc2)[C@@H]1OCc1ccccc1. The molecule has 0 aliphatic carbocycles. The fourth-order valence-corrected chi connectivity index (χ4v) is 4.64. The van der Waals surface area contributed by atoms with E-state index in [0.29, 0.717) is 19.8 Å². The highest BCUT2D eigenvalue weighted by Gasteiger charge is 2.48. The summed E-state index contributed by atoms with van der Waals surface area (Å²) >= 11 is 0. The summed E-state index contributed by atoms with van der Waals surface area (Å²) in [5, 5.41) is 0. The molecule has 0 N–H and O–H groups in total. The van der Waals surface area contributed by atoms with Gasteiger partial charge in [0.15, 0.2) is 12.2 Å². The number of rotatable bonds is 13. The van der Waals surface area contributed by atoms with Crippen LogP contribution in [-0.4, -0.2) is 37.0 Å². The van der Waals surface area contributed by atoms with Crippen LogP contribution in [0.4, 0.5) is 0 Å². The fourth-order valence-electron chi connectivity index (χ4n) is 4.64. The van der Waals surface area contributed by atoms with Gasteiger partial charge in [0, 0.05) is 0 Å². The summed E-state index contributed by atoms with van der Waals surface area (Å²) in [5.74, 6) is -0.484. The van der Waals surface area contributed by atoms with Crippen molar-refractivity contribution >= 4 is 5.97 Å². The first-order valence-corrected chi connectivity index (χ1v) is 13.5. The van der Waals surface area contributed by atoms with Crippen molar-refractivity contribution in [1.82, 2.24) is 0 Å². The minimum atomic E-state index is -0.963. The van der Waals surface area contributed by atoms with Crippen molar-refractivity contribution in [2.24, 2.45) is 0 Å². The van der Waals surface area contributed by atoms with E-state index in [1.165, 1.54) is 0 Å². The van der Waals surface area contributed by atoms with E-state index >= 15 is 0 Å².